The van der Waals surface area contributed by atoms with Crippen LogP contribution in [0.25, 0.3) is 10.8 Å². The number of aryl methyl sites for hydroxylation is 1. The van der Waals surface area contributed by atoms with E-state index in [2.05, 4.69) is 20.5 Å². The second kappa shape index (κ2) is 11.2. The quantitative estimate of drug-likeness (QED) is 0.110. The van der Waals surface area contributed by atoms with Gasteiger partial charge in [0.25, 0.3) is 30.4 Å². The molecule has 220 valence electrons. The second-order valence-corrected chi connectivity index (χ2v) is 12.9. The van der Waals surface area contributed by atoms with Crippen LogP contribution in [0, 0.1) is 6.92 Å². The summed E-state index contributed by atoms with van der Waals surface area (Å²) >= 11 is 0. The Morgan fingerprint density at radius 3 is 1.81 bits per heavy atom. The van der Waals surface area contributed by atoms with E-state index in [4.69, 9.17) is 10.5 Å². The molecule has 0 saturated heterocycles. The highest BCUT2D eigenvalue weighted by molar-refractivity contribution is 7.86. The summed E-state index contributed by atoms with van der Waals surface area (Å²) in [6, 6.07) is 12.0. The van der Waals surface area contributed by atoms with Crippen LogP contribution in [0.3, 0.4) is 0 Å². The first-order chi connectivity index (χ1) is 19.5. The zero-order valence-corrected chi connectivity index (χ0v) is 24.0. The van der Waals surface area contributed by atoms with E-state index in [0.29, 0.717) is 28.1 Å². The zero-order chi connectivity index (χ0) is 31.0. The third-order valence-electron chi connectivity index (χ3n) is 5.83. The Kier molecular flexibility index (Phi) is 8.13. The van der Waals surface area contributed by atoms with Gasteiger partial charge in [-0.25, -0.2) is 0 Å². The van der Waals surface area contributed by atoms with E-state index in [1.807, 2.05) is 0 Å². The van der Waals surface area contributed by atoms with Crippen molar-refractivity contribution in [3.8, 4) is 5.75 Å². The van der Waals surface area contributed by atoms with Crippen LogP contribution < -0.4 is 10.5 Å². The van der Waals surface area contributed by atoms with Crippen LogP contribution in [0.5, 0.6) is 5.75 Å². The molecule has 0 unspecified atom stereocenters. The van der Waals surface area contributed by atoms with E-state index in [0.717, 1.165) is 12.1 Å². The van der Waals surface area contributed by atoms with Gasteiger partial charge in [-0.3, -0.25) is 13.7 Å². The van der Waals surface area contributed by atoms with Gasteiger partial charge in [-0.05, 0) is 61.0 Å². The van der Waals surface area contributed by atoms with Crippen LogP contribution in [-0.4, -0.2) is 46.0 Å². The third-order valence-corrected chi connectivity index (χ3v) is 8.43. The number of nitrogen functional groups attached to an aromatic ring is 1. The lowest BCUT2D eigenvalue weighted by molar-refractivity contribution is 0.416. The lowest BCUT2D eigenvalue weighted by Crippen LogP contribution is -2.02. The molecule has 0 saturated carbocycles. The number of azo groups is 2. The minimum Gasteiger partial charge on any atom is -0.494 e. The molecule has 42 heavy (non-hydrogen) atoms. The van der Waals surface area contributed by atoms with Gasteiger partial charge < -0.3 is 10.5 Å². The minimum absolute atomic E-state index is 0.0585. The summed E-state index contributed by atoms with van der Waals surface area (Å²) < 4.78 is 103. The Labute approximate surface area is 239 Å². The first kappa shape index (κ1) is 30.6. The zero-order valence-electron chi connectivity index (χ0n) is 21.6. The van der Waals surface area contributed by atoms with E-state index >= 15 is 0 Å². The molecule has 4 aromatic rings. The second-order valence-electron chi connectivity index (χ2n) is 8.65. The number of anilines is 1. The summed E-state index contributed by atoms with van der Waals surface area (Å²) in [6.45, 7) is 1.63. The highest BCUT2D eigenvalue weighted by Crippen LogP contribution is 2.39. The maximum absolute atomic E-state index is 11.8. The molecule has 0 aromatic heterocycles. The van der Waals surface area contributed by atoms with Crippen molar-refractivity contribution >= 4 is 69.6 Å². The average molecular weight is 636 g/mol. The molecule has 0 atom stereocenters. The SMILES string of the molecule is COc1cc(N=Nc2ccc(N)c3ccc(S(=O)(=O)O)cc23)c(C)cc1N=Nc1cc(S(=O)(=O)O)ccc1S(=O)(=O)O. The van der Waals surface area contributed by atoms with Gasteiger partial charge in [0.05, 0.1) is 28.3 Å². The fourth-order valence-corrected chi connectivity index (χ4v) is 5.38. The average Bonchev–Trinajstić information content (AvgIpc) is 2.90. The van der Waals surface area contributed by atoms with Gasteiger partial charge in [-0.1, -0.05) is 6.07 Å². The number of rotatable bonds is 8. The minimum atomic E-state index is -4.84. The van der Waals surface area contributed by atoms with Crippen molar-refractivity contribution in [1.29, 1.82) is 0 Å². The number of nitrogens with zero attached hydrogens (tertiary/aromatic N) is 4. The number of fused-ring (bicyclic) bond motifs is 1. The van der Waals surface area contributed by atoms with Gasteiger partial charge in [-0.15, -0.1) is 15.3 Å². The molecule has 0 bridgehead atoms. The van der Waals surface area contributed by atoms with E-state index in [1.54, 1.807) is 13.0 Å². The normalized spacial score (nSPS) is 12.9. The molecule has 15 nitrogen and oxygen atoms in total. The van der Waals surface area contributed by atoms with E-state index in [-0.39, 0.29) is 27.7 Å². The third kappa shape index (κ3) is 6.59. The van der Waals surface area contributed by atoms with Crippen LogP contribution >= 0.6 is 0 Å². The molecular formula is C24H21N5O10S3. The summed E-state index contributed by atoms with van der Waals surface area (Å²) in [5.41, 5.74) is 6.83. The van der Waals surface area contributed by atoms with Gasteiger partial charge in [0.15, 0.2) is 0 Å². The molecule has 0 radical (unpaired) electrons. The lowest BCUT2D eigenvalue weighted by Gasteiger charge is -2.09. The monoisotopic (exact) mass is 635 g/mol. The highest BCUT2D eigenvalue weighted by Gasteiger charge is 2.20. The van der Waals surface area contributed by atoms with Gasteiger partial charge in [0.1, 0.15) is 22.0 Å². The number of nitrogens with two attached hydrogens (primary N) is 1. The molecule has 18 heteroatoms. The summed E-state index contributed by atoms with van der Waals surface area (Å²) in [6.07, 6.45) is 0. The van der Waals surface area contributed by atoms with Crippen molar-refractivity contribution in [3.05, 3.63) is 66.2 Å². The topological polar surface area (TPSA) is 248 Å². The Balaban J connectivity index is 1.76. The fourth-order valence-electron chi connectivity index (χ4n) is 3.76. The van der Waals surface area contributed by atoms with Crippen LogP contribution in [-0.2, 0) is 30.4 Å². The first-order valence-electron chi connectivity index (χ1n) is 11.4. The van der Waals surface area contributed by atoms with Crippen LogP contribution in [0.1, 0.15) is 5.56 Å². The van der Waals surface area contributed by atoms with Crippen molar-refractivity contribution in [2.75, 3.05) is 12.8 Å². The Hall–Kier alpha value is -4.33. The van der Waals surface area contributed by atoms with E-state index in [1.165, 1.54) is 43.5 Å². The fraction of sp³-hybridized carbons (Fsp3) is 0.0833. The number of hydrogen-bond donors (Lipinski definition) is 4. The Morgan fingerprint density at radius 2 is 1.19 bits per heavy atom. The number of methoxy groups -OCH3 is 1. The summed E-state index contributed by atoms with van der Waals surface area (Å²) in [5, 5.41) is 16.9. The molecule has 4 aromatic carbocycles. The van der Waals surface area contributed by atoms with Crippen molar-refractivity contribution in [3.63, 3.8) is 0 Å². The molecule has 0 aliphatic heterocycles. The summed E-state index contributed by atoms with van der Waals surface area (Å²) in [5.74, 6) is 0.0912. The lowest BCUT2D eigenvalue weighted by atomic mass is 10.1. The molecule has 0 fully saturated rings. The standard InChI is InChI=1S/C24H21N5O10S3/c1-13-9-21(28-29-22-11-15(41(33,34)35)4-8-24(22)42(36,37)38)23(39-2)12-20(13)27-26-19-7-6-18(25)16-5-3-14(10-17(16)19)40(30,31)32/h3-12H,25H2,1-2H3,(H,30,31,32)(H,33,34,35)(H,36,37,38). The van der Waals surface area contributed by atoms with Crippen molar-refractivity contribution in [2.45, 2.75) is 21.6 Å². The van der Waals surface area contributed by atoms with Crippen LogP contribution in [0.4, 0.5) is 28.4 Å². The number of ether oxygens (including phenoxy) is 1. The molecule has 0 aliphatic rings. The van der Waals surface area contributed by atoms with Gasteiger partial charge >= 0.3 is 0 Å². The highest BCUT2D eigenvalue weighted by atomic mass is 32.2. The Bertz CT molecular complexity index is 2130. The number of benzene rings is 4. The maximum Gasteiger partial charge on any atom is 0.296 e. The molecule has 5 N–H and O–H groups in total. The first-order valence-corrected chi connectivity index (χ1v) is 15.7. The summed E-state index contributed by atoms with van der Waals surface area (Å²) in [4.78, 5) is -1.79. The molecular weight excluding hydrogens is 614 g/mol. The van der Waals surface area contributed by atoms with Crippen LogP contribution in [0.15, 0.2) is 95.8 Å². The van der Waals surface area contributed by atoms with Crippen molar-refractivity contribution < 1.29 is 43.6 Å². The number of hydrogen-bond acceptors (Lipinski definition) is 12. The molecule has 4 rings (SSSR count). The smallest absolute Gasteiger partial charge is 0.296 e. The van der Waals surface area contributed by atoms with Crippen molar-refractivity contribution in [1.82, 2.24) is 0 Å². The van der Waals surface area contributed by atoms with E-state index in [9.17, 15) is 38.9 Å². The van der Waals surface area contributed by atoms with Gasteiger partial charge in [0.2, 0.25) is 0 Å². The van der Waals surface area contributed by atoms with Gasteiger partial charge in [-0.2, -0.15) is 30.4 Å². The molecule has 0 amide bonds. The van der Waals surface area contributed by atoms with Crippen LogP contribution in [0.2, 0.25) is 0 Å². The predicted octanol–water partition coefficient (Wildman–Crippen LogP) is 5.31. The molecule has 0 heterocycles. The maximum atomic E-state index is 11.8. The largest absolute Gasteiger partial charge is 0.494 e. The molecule has 0 aliphatic carbocycles. The van der Waals surface area contributed by atoms with E-state index < -0.39 is 45.8 Å². The Morgan fingerprint density at radius 1 is 0.619 bits per heavy atom. The van der Waals surface area contributed by atoms with Gasteiger partial charge in [0, 0.05) is 22.5 Å². The predicted molar refractivity (Wildman–Crippen MR) is 150 cm³/mol. The summed E-state index contributed by atoms with van der Waals surface area (Å²) in [7, 11) is -12.8. The molecule has 0 spiro atoms. The van der Waals surface area contributed by atoms with Crippen molar-refractivity contribution in [2.24, 2.45) is 20.5 Å².